The highest BCUT2D eigenvalue weighted by molar-refractivity contribution is 5.81. The highest BCUT2D eigenvalue weighted by Crippen LogP contribution is 2.43. The number of rotatable bonds is 9. The van der Waals surface area contributed by atoms with Gasteiger partial charge in [-0.1, -0.05) is 31.0 Å². The lowest BCUT2D eigenvalue weighted by atomic mass is 9.81. The number of furan rings is 1. The fourth-order valence-corrected chi connectivity index (χ4v) is 6.31. The molecule has 6 rings (SSSR count). The van der Waals surface area contributed by atoms with Gasteiger partial charge in [-0.15, -0.1) is 0 Å². The zero-order chi connectivity index (χ0) is 22.7. The molecule has 1 aromatic carbocycles. The van der Waals surface area contributed by atoms with E-state index >= 15 is 0 Å². The van der Waals surface area contributed by atoms with Crippen molar-refractivity contribution in [3.63, 3.8) is 0 Å². The number of nitrogens with zero attached hydrogens (tertiary/aromatic N) is 1. The third-order valence-corrected chi connectivity index (χ3v) is 8.24. The van der Waals surface area contributed by atoms with Crippen LogP contribution in [0.2, 0.25) is 0 Å². The zero-order valence-electron chi connectivity index (χ0n) is 19.4. The van der Waals surface area contributed by atoms with E-state index in [9.17, 15) is 9.90 Å². The molecule has 6 heteroatoms. The number of esters is 1. The highest BCUT2D eigenvalue weighted by atomic mass is 16.6. The van der Waals surface area contributed by atoms with E-state index in [-0.39, 0.29) is 12.0 Å². The number of hydrogen-bond donors (Lipinski definition) is 1. The lowest BCUT2D eigenvalue weighted by Crippen LogP contribution is -2.65. The number of carbonyl (C=O) groups excluding carboxylic acids is 1. The van der Waals surface area contributed by atoms with Crippen LogP contribution in [0.25, 0.3) is 0 Å². The first kappa shape index (κ1) is 22.5. The van der Waals surface area contributed by atoms with Gasteiger partial charge in [-0.2, -0.15) is 0 Å². The van der Waals surface area contributed by atoms with Crippen LogP contribution < -0.4 is 4.74 Å². The molecular weight excluding hydrogens is 418 g/mol. The van der Waals surface area contributed by atoms with Gasteiger partial charge in [0.05, 0.1) is 32.5 Å². The minimum atomic E-state index is -1.68. The van der Waals surface area contributed by atoms with Crippen molar-refractivity contribution in [3.8, 4) is 5.75 Å². The zero-order valence-corrected chi connectivity index (χ0v) is 19.4. The number of hydrogen-bond acceptors (Lipinski definition) is 5. The molecule has 2 atom stereocenters. The van der Waals surface area contributed by atoms with E-state index < -0.39 is 11.6 Å². The van der Waals surface area contributed by atoms with Gasteiger partial charge in [0.2, 0.25) is 5.60 Å². The topological polar surface area (TPSA) is 68.9 Å². The Hall–Kier alpha value is -2.31. The first-order chi connectivity index (χ1) is 16.1. The number of piperidine rings is 3. The molecule has 6 nitrogen and oxygen atoms in total. The van der Waals surface area contributed by atoms with Crippen molar-refractivity contribution < 1.29 is 28.3 Å². The maximum atomic E-state index is 13.5. The Balaban J connectivity index is 1.22. The Morgan fingerprint density at radius 1 is 1.06 bits per heavy atom. The van der Waals surface area contributed by atoms with E-state index in [1.165, 1.54) is 6.26 Å². The van der Waals surface area contributed by atoms with E-state index in [2.05, 4.69) is 0 Å². The third kappa shape index (κ3) is 4.56. The Morgan fingerprint density at radius 2 is 1.82 bits per heavy atom. The van der Waals surface area contributed by atoms with Crippen LogP contribution in [-0.4, -0.2) is 54.4 Å². The molecular formula is C27H36NO5+. The summed E-state index contributed by atoms with van der Waals surface area (Å²) < 4.78 is 18.5. The predicted octanol–water partition coefficient (Wildman–Crippen LogP) is 4.28. The van der Waals surface area contributed by atoms with Gasteiger partial charge in [0, 0.05) is 31.1 Å². The quantitative estimate of drug-likeness (QED) is 0.348. The summed E-state index contributed by atoms with van der Waals surface area (Å²) in [5.41, 5.74) is -1.68. The second-order valence-electron chi connectivity index (χ2n) is 10.2. The Bertz CT molecular complexity index is 900. The molecule has 2 bridgehead atoms. The van der Waals surface area contributed by atoms with Crippen molar-refractivity contribution in [1.82, 2.24) is 0 Å². The van der Waals surface area contributed by atoms with Gasteiger partial charge in [-0.05, 0) is 37.1 Å². The van der Waals surface area contributed by atoms with Gasteiger partial charge in [-0.3, -0.25) is 0 Å². The molecule has 3 saturated heterocycles. The normalized spacial score (nSPS) is 29.0. The number of ether oxygens (including phenoxy) is 2. The average molecular weight is 455 g/mol. The molecule has 33 heavy (non-hydrogen) atoms. The molecule has 1 N–H and O–H groups in total. The molecule has 3 aliphatic heterocycles. The van der Waals surface area contributed by atoms with Crippen LogP contribution >= 0.6 is 0 Å². The van der Waals surface area contributed by atoms with Crippen LogP contribution in [0, 0.1) is 11.8 Å². The van der Waals surface area contributed by atoms with Crippen LogP contribution in [0.15, 0.2) is 53.1 Å². The minimum absolute atomic E-state index is 0.141. The molecule has 0 spiro atoms. The maximum Gasteiger partial charge on any atom is 0.346 e. The summed E-state index contributed by atoms with van der Waals surface area (Å²) in [6, 6.07) is 13.4. The highest BCUT2D eigenvalue weighted by Gasteiger charge is 2.53. The van der Waals surface area contributed by atoms with E-state index in [1.54, 1.807) is 12.1 Å². The van der Waals surface area contributed by atoms with Crippen molar-refractivity contribution in [1.29, 1.82) is 0 Å². The summed E-state index contributed by atoms with van der Waals surface area (Å²) in [5, 5.41) is 11.6. The lowest BCUT2D eigenvalue weighted by Gasteiger charge is -2.52. The fourth-order valence-electron chi connectivity index (χ4n) is 6.31. The summed E-state index contributed by atoms with van der Waals surface area (Å²) in [6.45, 7) is 4.82. The molecule has 0 unspecified atom stereocenters. The van der Waals surface area contributed by atoms with Crippen molar-refractivity contribution in [2.45, 2.75) is 56.7 Å². The van der Waals surface area contributed by atoms with Gasteiger partial charge in [0.25, 0.3) is 0 Å². The van der Waals surface area contributed by atoms with Crippen LogP contribution in [0.5, 0.6) is 5.75 Å². The Labute approximate surface area is 196 Å². The van der Waals surface area contributed by atoms with Crippen LogP contribution in [0.4, 0.5) is 0 Å². The first-order valence-corrected chi connectivity index (χ1v) is 12.6. The molecule has 1 aromatic heterocycles. The molecule has 2 aromatic rings. The largest absolute Gasteiger partial charge is 0.493 e. The molecule has 1 saturated carbocycles. The van der Waals surface area contributed by atoms with Crippen LogP contribution in [-0.2, 0) is 15.1 Å². The van der Waals surface area contributed by atoms with Gasteiger partial charge in [-0.25, -0.2) is 4.79 Å². The lowest BCUT2D eigenvalue weighted by molar-refractivity contribution is -0.946. The second-order valence-corrected chi connectivity index (χ2v) is 10.2. The molecule has 178 valence electrons. The minimum Gasteiger partial charge on any atom is -0.493 e. The number of benzene rings is 1. The predicted molar refractivity (Wildman–Crippen MR) is 123 cm³/mol. The summed E-state index contributed by atoms with van der Waals surface area (Å²) in [6.07, 6.45) is 8.19. The summed E-state index contributed by atoms with van der Waals surface area (Å²) in [5.74, 6) is 0.955. The SMILES string of the molecule is O=C(O[C@H]1C[N+]2(CCCOc3ccccc3)CCC1CC2)[C@@](O)(c1ccco1)C1CCCC1. The monoisotopic (exact) mass is 454 g/mol. The molecule has 0 radical (unpaired) electrons. The number of fused-ring (bicyclic) bond motifs is 3. The number of para-hydroxylation sites is 1. The van der Waals surface area contributed by atoms with Gasteiger partial charge < -0.3 is 23.5 Å². The molecule has 4 fully saturated rings. The Morgan fingerprint density at radius 3 is 2.52 bits per heavy atom. The number of carbonyl (C=O) groups is 1. The Kier molecular flexibility index (Phi) is 6.48. The second kappa shape index (κ2) is 9.51. The van der Waals surface area contributed by atoms with E-state index in [0.29, 0.717) is 18.3 Å². The molecule has 0 amide bonds. The molecule has 4 heterocycles. The van der Waals surface area contributed by atoms with Gasteiger partial charge >= 0.3 is 5.97 Å². The number of aliphatic hydroxyl groups is 1. The summed E-state index contributed by atoms with van der Waals surface area (Å²) >= 11 is 0. The summed E-state index contributed by atoms with van der Waals surface area (Å²) in [4.78, 5) is 13.5. The standard InChI is InChI=1S/C27H36NO5/c29-26(27(30,22-8-4-5-9-22)25-12-6-18-32-25)33-24-20-28(16-13-21(24)14-17-28)15-7-19-31-23-10-2-1-3-11-23/h1-3,6,10-12,18,21-22,24,30H,4-5,7-9,13-17,19-20H2/q+1/t21?,24-,27-,28?/m0/s1. The van der Waals surface area contributed by atoms with E-state index in [1.807, 2.05) is 30.3 Å². The van der Waals surface area contributed by atoms with Crippen molar-refractivity contribution >= 4 is 5.97 Å². The maximum absolute atomic E-state index is 13.5. The molecule has 4 aliphatic rings. The van der Waals surface area contributed by atoms with Crippen LogP contribution in [0.3, 0.4) is 0 Å². The fraction of sp³-hybridized carbons (Fsp3) is 0.593. The first-order valence-electron chi connectivity index (χ1n) is 12.6. The van der Waals surface area contributed by atoms with Crippen LogP contribution in [0.1, 0.15) is 50.7 Å². The van der Waals surface area contributed by atoms with Crippen molar-refractivity contribution in [2.24, 2.45) is 11.8 Å². The van der Waals surface area contributed by atoms with Gasteiger partial charge in [0.15, 0.2) is 6.10 Å². The number of quaternary nitrogens is 1. The van der Waals surface area contributed by atoms with E-state index in [0.717, 1.165) is 81.4 Å². The molecule has 1 aliphatic carbocycles. The summed E-state index contributed by atoms with van der Waals surface area (Å²) in [7, 11) is 0. The smallest absolute Gasteiger partial charge is 0.346 e. The van der Waals surface area contributed by atoms with Crippen molar-refractivity contribution in [2.75, 3.05) is 32.8 Å². The van der Waals surface area contributed by atoms with Gasteiger partial charge in [0.1, 0.15) is 18.1 Å². The van der Waals surface area contributed by atoms with E-state index in [4.69, 9.17) is 13.9 Å². The average Bonchev–Trinajstić information content (AvgIpc) is 3.58. The third-order valence-electron chi connectivity index (χ3n) is 8.24. The van der Waals surface area contributed by atoms with Crippen molar-refractivity contribution in [3.05, 3.63) is 54.5 Å².